The maximum atomic E-state index is 12.1. The van der Waals surface area contributed by atoms with Crippen molar-refractivity contribution in [2.45, 2.75) is 13.0 Å². The number of amides is 1. The van der Waals surface area contributed by atoms with Gasteiger partial charge in [0, 0.05) is 32.7 Å². The van der Waals surface area contributed by atoms with Crippen molar-refractivity contribution in [3.63, 3.8) is 0 Å². The van der Waals surface area contributed by atoms with Crippen LogP contribution in [-0.2, 0) is 4.79 Å². The van der Waals surface area contributed by atoms with Crippen LogP contribution in [0, 0.1) is 11.3 Å². The summed E-state index contributed by atoms with van der Waals surface area (Å²) in [6, 6.07) is 5.33. The van der Waals surface area contributed by atoms with E-state index < -0.39 is 0 Å². The first-order valence-electron chi connectivity index (χ1n) is 8.46. The Balaban J connectivity index is 1.66. The highest BCUT2D eigenvalue weighted by Crippen LogP contribution is 2.29. The van der Waals surface area contributed by atoms with Crippen molar-refractivity contribution in [1.82, 2.24) is 15.2 Å². The predicted molar refractivity (Wildman–Crippen MR) is 95.4 cm³/mol. The molecule has 136 valence electrons. The van der Waals surface area contributed by atoms with Gasteiger partial charge in [-0.05, 0) is 19.1 Å². The number of hydrogen-bond acceptors (Lipinski definition) is 7. The minimum atomic E-state index is -0.221. The molecule has 1 amide bonds. The molecule has 2 aromatic rings. The molecule has 2 aromatic heterocycles. The van der Waals surface area contributed by atoms with Crippen LogP contribution in [-0.4, -0.2) is 54.6 Å². The lowest BCUT2D eigenvalue weighted by molar-refractivity contribution is -0.125. The smallest absolute Gasteiger partial charge is 0.266 e. The molecule has 1 atom stereocenters. The Morgan fingerprint density at radius 1 is 1.50 bits per heavy atom. The fourth-order valence-electron chi connectivity index (χ4n) is 2.90. The Kier molecular flexibility index (Phi) is 5.39. The van der Waals surface area contributed by atoms with Crippen LogP contribution in [0.5, 0.6) is 0 Å². The van der Waals surface area contributed by atoms with Gasteiger partial charge in [-0.3, -0.25) is 9.69 Å². The van der Waals surface area contributed by atoms with Crippen LogP contribution in [0.25, 0.3) is 11.7 Å². The molecule has 1 saturated heterocycles. The zero-order valence-corrected chi connectivity index (χ0v) is 14.6. The van der Waals surface area contributed by atoms with E-state index in [4.69, 9.17) is 8.83 Å². The molecule has 1 aliphatic heterocycles. The summed E-state index contributed by atoms with van der Waals surface area (Å²) in [7, 11) is 0. The van der Waals surface area contributed by atoms with Gasteiger partial charge in [0.2, 0.25) is 17.5 Å². The van der Waals surface area contributed by atoms with Crippen LogP contribution in [0.1, 0.15) is 12.6 Å². The van der Waals surface area contributed by atoms with Gasteiger partial charge in [-0.1, -0.05) is 6.08 Å². The van der Waals surface area contributed by atoms with Gasteiger partial charge in [0.1, 0.15) is 6.07 Å². The van der Waals surface area contributed by atoms with Gasteiger partial charge < -0.3 is 19.1 Å². The third kappa shape index (κ3) is 3.63. The number of aromatic nitrogens is 1. The van der Waals surface area contributed by atoms with E-state index in [1.807, 2.05) is 11.8 Å². The number of oxazole rings is 1. The standard InChI is InChI=1S/C18H21N5O3/c1-3-6-20-16(24)13(2)22-7-9-23(10-8-22)18-14(12-19)21-17(26-18)15-5-4-11-25-15/h3-5,11,13H,1,6-10H2,2H3,(H,20,24)/t13-/m1/s1. The van der Waals surface area contributed by atoms with E-state index in [9.17, 15) is 10.1 Å². The summed E-state index contributed by atoms with van der Waals surface area (Å²) >= 11 is 0. The Hall–Kier alpha value is -3.05. The van der Waals surface area contributed by atoms with Gasteiger partial charge in [0.25, 0.3) is 5.89 Å². The number of carbonyl (C=O) groups is 1. The number of hydrogen-bond donors (Lipinski definition) is 1. The summed E-state index contributed by atoms with van der Waals surface area (Å²) in [5, 5.41) is 12.2. The Morgan fingerprint density at radius 3 is 2.88 bits per heavy atom. The molecule has 8 heteroatoms. The average molecular weight is 355 g/mol. The molecule has 0 spiro atoms. The molecule has 1 N–H and O–H groups in total. The summed E-state index contributed by atoms with van der Waals surface area (Å²) in [5.74, 6) is 1.21. The third-order valence-corrected chi connectivity index (χ3v) is 4.40. The van der Waals surface area contributed by atoms with E-state index in [1.54, 1.807) is 18.2 Å². The van der Waals surface area contributed by atoms with E-state index in [0.29, 0.717) is 50.3 Å². The number of nitriles is 1. The molecule has 0 radical (unpaired) electrons. The van der Waals surface area contributed by atoms with Crippen LogP contribution in [0.4, 0.5) is 5.88 Å². The molecular weight excluding hydrogens is 334 g/mol. The van der Waals surface area contributed by atoms with Crippen LogP contribution >= 0.6 is 0 Å². The first-order valence-corrected chi connectivity index (χ1v) is 8.46. The third-order valence-electron chi connectivity index (χ3n) is 4.40. The van der Waals surface area contributed by atoms with E-state index in [-0.39, 0.29) is 17.6 Å². The highest BCUT2D eigenvalue weighted by Gasteiger charge is 2.29. The van der Waals surface area contributed by atoms with Crippen LogP contribution in [0.3, 0.4) is 0 Å². The fourth-order valence-corrected chi connectivity index (χ4v) is 2.90. The van der Waals surface area contributed by atoms with E-state index >= 15 is 0 Å². The number of carbonyl (C=O) groups excluding carboxylic acids is 1. The zero-order valence-electron chi connectivity index (χ0n) is 14.6. The highest BCUT2D eigenvalue weighted by molar-refractivity contribution is 5.81. The van der Waals surface area contributed by atoms with Gasteiger partial charge in [0.15, 0.2) is 5.76 Å². The number of nitrogens with zero attached hydrogens (tertiary/aromatic N) is 4. The highest BCUT2D eigenvalue weighted by atomic mass is 16.4. The number of nitrogens with one attached hydrogen (secondary N) is 1. The monoisotopic (exact) mass is 355 g/mol. The van der Waals surface area contributed by atoms with Crippen LogP contribution < -0.4 is 10.2 Å². The van der Waals surface area contributed by atoms with Gasteiger partial charge in [0.05, 0.1) is 12.3 Å². The lowest BCUT2D eigenvalue weighted by Gasteiger charge is -2.37. The average Bonchev–Trinajstić information content (AvgIpc) is 3.34. The second-order valence-electron chi connectivity index (χ2n) is 5.99. The predicted octanol–water partition coefficient (Wildman–Crippen LogP) is 1.62. The number of anilines is 1. The Morgan fingerprint density at radius 2 is 2.27 bits per heavy atom. The maximum Gasteiger partial charge on any atom is 0.266 e. The van der Waals surface area contributed by atoms with E-state index in [2.05, 4.69) is 27.8 Å². The van der Waals surface area contributed by atoms with Crippen LogP contribution in [0.15, 0.2) is 39.9 Å². The van der Waals surface area contributed by atoms with Gasteiger partial charge in [-0.25, -0.2) is 0 Å². The van der Waals surface area contributed by atoms with Gasteiger partial charge in [-0.2, -0.15) is 10.2 Å². The second-order valence-corrected chi connectivity index (χ2v) is 5.99. The lowest BCUT2D eigenvalue weighted by Crippen LogP contribution is -2.54. The van der Waals surface area contributed by atoms with Gasteiger partial charge in [-0.15, -0.1) is 6.58 Å². The molecule has 3 heterocycles. The normalized spacial score (nSPS) is 16.1. The molecule has 3 rings (SSSR count). The van der Waals surface area contributed by atoms with Crippen molar-refractivity contribution in [3.05, 3.63) is 36.7 Å². The zero-order chi connectivity index (χ0) is 18.5. The van der Waals surface area contributed by atoms with Crippen LogP contribution in [0.2, 0.25) is 0 Å². The lowest BCUT2D eigenvalue weighted by atomic mass is 10.2. The first kappa shape index (κ1) is 17.8. The van der Waals surface area contributed by atoms with Crippen molar-refractivity contribution in [3.8, 4) is 17.7 Å². The Labute approximate surface area is 151 Å². The van der Waals surface area contributed by atoms with Crippen molar-refractivity contribution in [2.24, 2.45) is 0 Å². The SMILES string of the molecule is C=CCNC(=O)[C@@H](C)N1CCN(c2oc(-c3ccco3)nc2C#N)CC1. The number of furan rings is 1. The molecule has 0 aromatic carbocycles. The fraction of sp³-hybridized carbons (Fsp3) is 0.389. The van der Waals surface area contributed by atoms with E-state index in [1.165, 1.54) is 6.26 Å². The maximum absolute atomic E-state index is 12.1. The van der Waals surface area contributed by atoms with E-state index in [0.717, 1.165) is 0 Å². The van der Waals surface area contributed by atoms with Gasteiger partial charge >= 0.3 is 0 Å². The first-order chi connectivity index (χ1) is 12.6. The largest absolute Gasteiger partial charge is 0.459 e. The Bertz CT molecular complexity index is 797. The molecule has 8 nitrogen and oxygen atoms in total. The molecular formula is C18H21N5O3. The van der Waals surface area contributed by atoms with Crippen molar-refractivity contribution in [1.29, 1.82) is 5.26 Å². The summed E-state index contributed by atoms with van der Waals surface area (Å²) in [6.07, 6.45) is 3.19. The summed E-state index contributed by atoms with van der Waals surface area (Å²) in [6.45, 7) is 8.60. The van der Waals surface area contributed by atoms with Crippen molar-refractivity contribution < 1.29 is 13.6 Å². The second kappa shape index (κ2) is 7.89. The topological polar surface area (TPSA) is 98.5 Å². The number of piperazine rings is 1. The van der Waals surface area contributed by atoms with Crippen molar-refractivity contribution >= 4 is 11.8 Å². The summed E-state index contributed by atoms with van der Waals surface area (Å²) in [5.41, 5.74) is 0.238. The minimum absolute atomic E-state index is 0.0177. The quantitative estimate of drug-likeness (QED) is 0.786. The molecule has 1 fully saturated rings. The molecule has 0 bridgehead atoms. The summed E-state index contributed by atoms with van der Waals surface area (Å²) in [4.78, 5) is 20.4. The molecule has 0 unspecified atom stereocenters. The molecule has 0 aliphatic carbocycles. The van der Waals surface area contributed by atoms with Crippen molar-refractivity contribution in [2.75, 3.05) is 37.6 Å². The summed E-state index contributed by atoms with van der Waals surface area (Å²) < 4.78 is 11.1. The minimum Gasteiger partial charge on any atom is -0.459 e. The number of rotatable bonds is 6. The molecule has 1 aliphatic rings. The molecule has 0 saturated carbocycles. The molecule has 26 heavy (non-hydrogen) atoms.